The van der Waals surface area contributed by atoms with E-state index in [-0.39, 0.29) is 12.0 Å². The molecule has 2 heterocycles. The number of carbonyl (C=O) groups excluding carboxylic acids is 1. The molecule has 4 rings (SSSR count). The summed E-state index contributed by atoms with van der Waals surface area (Å²) < 4.78 is 31.0. The highest BCUT2D eigenvalue weighted by Gasteiger charge is 2.38. The molecular weight excluding hydrogens is 364 g/mol. The molecule has 1 aromatic rings. The first kappa shape index (κ1) is 18.7. The first-order chi connectivity index (χ1) is 12.9. The van der Waals surface area contributed by atoms with Gasteiger partial charge >= 0.3 is 0 Å². The number of ether oxygens (including phenoxy) is 1. The molecule has 1 saturated carbocycles. The van der Waals surface area contributed by atoms with Crippen molar-refractivity contribution in [1.29, 1.82) is 0 Å². The zero-order valence-electron chi connectivity index (χ0n) is 15.8. The second-order valence-electron chi connectivity index (χ2n) is 8.12. The summed E-state index contributed by atoms with van der Waals surface area (Å²) in [4.78, 5) is 15.2. The Bertz CT molecular complexity index is 802. The first-order valence-electron chi connectivity index (χ1n) is 9.93. The van der Waals surface area contributed by atoms with Crippen LogP contribution in [0.25, 0.3) is 0 Å². The molecule has 2 aliphatic heterocycles. The van der Waals surface area contributed by atoms with Gasteiger partial charge in [-0.3, -0.25) is 4.79 Å². The van der Waals surface area contributed by atoms with Gasteiger partial charge in [-0.2, -0.15) is 0 Å². The van der Waals surface area contributed by atoms with Crippen LogP contribution in [0.2, 0.25) is 0 Å². The van der Waals surface area contributed by atoms with Gasteiger partial charge in [0.15, 0.2) is 0 Å². The van der Waals surface area contributed by atoms with E-state index in [1.54, 1.807) is 0 Å². The molecule has 0 N–H and O–H groups in total. The van der Waals surface area contributed by atoms with Crippen molar-refractivity contribution in [2.24, 2.45) is 5.92 Å². The smallest absolute Gasteiger partial charge is 0.257 e. The monoisotopic (exact) mass is 392 g/mol. The molecule has 1 aliphatic carbocycles. The number of hydrogen-bond donors (Lipinski definition) is 0. The van der Waals surface area contributed by atoms with Crippen LogP contribution in [-0.2, 0) is 10.0 Å². The van der Waals surface area contributed by atoms with Gasteiger partial charge in [0.05, 0.1) is 11.8 Å². The van der Waals surface area contributed by atoms with Crippen molar-refractivity contribution in [3.8, 4) is 5.75 Å². The van der Waals surface area contributed by atoms with E-state index in [0.717, 1.165) is 19.4 Å². The molecule has 2 saturated heterocycles. The summed E-state index contributed by atoms with van der Waals surface area (Å²) in [6.07, 6.45) is 7.17. The third kappa shape index (κ3) is 3.99. The summed E-state index contributed by atoms with van der Waals surface area (Å²) in [7, 11) is -3.15. The Labute approximate surface area is 161 Å². The maximum absolute atomic E-state index is 13.2. The molecule has 1 aromatic carbocycles. The van der Waals surface area contributed by atoms with E-state index in [0.29, 0.717) is 49.2 Å². The molecule has 2 bridgehead atoms. The number of piperidine rings is 1. The van der Waals surface area contributed by atoms with Gasteiger partial charge in [-0.05, 0) is 50.2 Å². The molecule has 6 nitrogen and oxygen atoms in total. The second kappa shape index (κ2) is 7.43. The molecule has 7 heteroatoms. The third-order valence-corrected chi connectivity index (χ3v) is 7.50. The van der Waals surface area contributed by atoms with Gasteiger partial charge in [-0.1, -0.05) is 18.6 Å². The van der Waals surface area contributed by atoms with Crippen LogP contribution in [0.4, 0.5) is 0 Å². The average Bonchev–Trinajstić information content (AvgIpc) is 2.95. The fraction of sp³-hybridized carbons (Fsp3) is 0.650. The Morgan fingerprint density at radius 3 is 2.56 bits per heavy atom. The minimum absolute atomic E-state index is 0.0604. The Morgan fingerprint density at radius 2 is 1.85 bits per heavy atom. The fourth-order valence-corrected chi connectivity index (χ4v) is 5.62. The van der Waals surface area contributed by atoms with Crippen molar-refractivity contribution in [3.05, 3.63) is 29.8 Å². The minimum Gasteiger partial charge on any atom is -0.489 e. The van der Waals surface area contributed by atoms with Crippen LogP contribution >= 0.6 is 0 Å². The summed E-state index contributed by atoms with van der Waals surface area (Å²) in [6.45, 7) is 1.80. The summed E-state index contributed by atoms with van der Waals surface area (Å²) >= 11 is 0. The predicted molar refractivity (Wildman–Crippen MR) is 103 cm³/mol. The van der Waals surface area contributed by atoms with Crippen molar-refractivity contribution < 1.29 is 17.9 Å². The lowest BCUT2D eigenvalue weighted by Crippen LogP contribution is -2.41. The van der Waals surface area contributed by atoms with Crippen LogP contribution in [-0.4, -0.2) is 61.6 Å². The number of para-hydroxylation sites is 1. The SMILES string of the molecule is CS(=O)(=O)N1CCC(Oc2ccccc2C(=O)N2C[C@@H]3CCC[C@H]2C3)CC1. The normalized spacial score (nSPS) is 26.9. The maximum Gasteiger partial charge on any atom is 0.257 e. The molecule has 1 amide bonds. The first-order valence-corrected chi connectivity index (χ1v) is 11.8. The topological polar surface area (TPSA) is 66.9 Å². The average molecular weight is 393 g/mol. The van der Waals surface area contributed by atoms with Gasteiger partial charge in [0.2, 0.25) is 10.0 Å². The summed E-state index contributed by atoms with van der Waals surface area (Å²) in [6, 6.07) is 7.86. The van der Waals surface area contributed by atoms with E-state index in [1.165, 1.54) is 23.4 Å². The highest BCUT2D eigenvalue weighted by molar-refractivity contribution is 7.88. The van der Waals surface area contributed by atoms with E-state index in [2.05, 4.69) is 0 Å². The van der Waals surface area contributed by atoms with E-state index in [9.17, 15) is 13.2 Å². The lowest BCUT2D eigenvalue weighted by Gasteiger charge is -2.31. The second-order valence-corrected chi connectivity index (χ2v) is 10.1. The number of benzene rings is 1. The van der Waals surface area contributed by atoms with Crippen LogP contribution in [0, 0.1) is 5.92 Å². The van der Waals surface area contributed by atoms with E-state index in [4.69, 9.17) is 4.74 Å². The highest BCUT2D eigenvalue weighted by Crippen LogP contribution is 2.37. The van der Waals surface area contributed by atoms with Gasteiger partial charge in [0.25, 0.3) is 5.91 Å². The lowest BCUT2D eigenvalue weighted by atomic mass is 9.90. The molecule has 3 aliphatic rings. The van der Waals surface area contributed by atoms with Crippen molar-refractivity contribution in [2.45, 2.75) is 50.7 Å². The molecular formula is C20H28N2O4S. The number of likely N-dealkylation sites (tertiary alicyclic amines) is 1. The van der Waals surface area contributed by atoms with Crippen LogP contribution < -0.4 is 4.74 Å². The maximum atomic E-state index is 13.2. The molecule has 0 aromatic heterocycles. The third-order valence-electron chi connectivity index (χ3n) is 6.19. The number of hydrogen-bond acceptors (Lipinski definition) is 4. The zero-order chi connectivity index (χ0) is 19.0. The number of fused-ring (bicyclic) bond motifs is 2. The Kier molecular flexibility index (Phi) is 5.16. The van der Waals surface area contributed by atoms with Crippen molar-refractivity contribution in [3.63, 3.8) is 0 Å². The number of rotatable bonds is 4. The molecule has 148 valence electrons. The van der Waals surface area contributed by atoms with Gasteiger partial charge in [-0.15, -0.1) is 0 Å². The molecule has 27 heavy (non-hydrogen) atoms. The van der Waals surface area contributed by atoms with Crippen LogP contribution in [0.5, 0.6) is 5.75 Å². The minimum atomic E-state index is -3.15. The lowest BCUT2D eigenvalue weighted by molar-refractivity contribution is 0.0721. The Hall–Kier alpha value is -1.60. The summed E-state index contributed by atoms with van der Waals surface area (Å²) in [5.41, 5.74) is 0.635. The van der Waals surface area contributed by atoms with Crippen LogP contribution in [0.1, 0.15) is 48.9 Å². The largest absolute Gasteiger partial charge is 0.489 e. The van der Waals surface area contributed by atoms with Crippen LogP contribution in [0.3, 0.4) is 0 Å². The molecule has 0 spiro atoms. The van der Waals surface area contributed by atoms with Gasteiger partial charge < -0.3 is 9.64 Å². The molecule has 0 radical (unpaired) electrons. The predicted octanol–water partition coefficient (Wildman–Crippen LogP) is 2.50. The van der Waals surface area contributed by atoms with E-state index < -0.39 is 10.0 Å². The summed E-state index contributed by atoms with van der Waals surface area (Å²) in [5, 5.41) is 0. The Balaban J connectivity index is 1.45. The van der Waals surface area contributed by atoms with E-state index >= 15 is 0 Å². The quantitative estimate of drug-likeness (QED) is 0.790. The molecule has 3 fully saturated rings. The highest BCUT2D eigenvalue weighted by atomic mass is 32.2. The van der Waals surface area contributed by atoms with Crippen molar-refractivity contribution >= 4 is 15.9 Å². The van der Waals surface area contributed by atoms with Gasteiger partial charge in [-0.25, -0.2) is 12.7 Å². The number of nitrogens with zero attached hydrogens (tertiary/aromatic N) is 2. The molecule has 2 atom stereocenters. The number of carbonyl (C=O) groups is 1. The number of sulfonamides is 1. The number of amides is 1. The summed E-state index contributed by atoms with van der Waals surface area (Å²) in [5.74, 6) is 1.36. The Morgan fingerprint density at radius 1 is 1.11 bits per heavy atom. The van der Waals surface area contributed by atoms with E-state index in [1.807, 2.05) is 29.2 Å². The van der Waals surface area contributed by atoms with Crippen molar-refractivity contribution in [2.75, 3.05) is 25.9 Å². The zero-order valence-corrected chi connectivity index (χ0v) is 16.7. The van der Waals surface area contributed by atoms with Crippen molar-refractivity contribution in [1.82, 2.24) is 9.21 Å². The standard InChI is InChI=1S/C20H28N2O4S/c1-27(24,25)21-11-9-17(10-12-21)26-19-8-3-2-7-18(19)20(23)22-14-15-5-4-6-16(22)13-15/h2-3,7-8,15-17H,4-6,9-14H2,1H3/t15-,16+/m1/s1. The molecule has 0 unspecified atom stereocenters. The van der Waals surface area contributed by atoms with Crippen LogP contribution in [0.15, 0.2) is 24.3 Å². The van der Waals surface area contributed by atoms with Gasteiger partial charge in [0.1, 0.15) is 11.9 Å². The van der Waals surface area contributed by atoms with Gasteiger partial charge in [0, 0.05) is 25.7 Å². The fourth-order valence-electron chi connectivity index (χ4n) is 4.75.